The number of halogens is 1. The maximum atomic E-state index is 13.3. The van der Waals surface area contributed by atoms with Gasteiger partial charge in [-0.3, -0.25) is 9.59 Å². The van der Waals surface area contributed by atoms with Crippen LogP contribution >= 0.6 is 0 Å². The smallest absolute Gasteiger partial charge is 0.281 e. The SMILES string of the molecule is CN(C)C(=O)[C@@H]1CC2(CCN(C(=O)[C@H]([NH3+])Cc3c[nH]c4ccccc34)CC2)c2ccccc21.[Cl-]. The van der Waals surface area contributed by atoms with Crippen molar-refractivity contribution in [3.63, 3.8) is 0 Å². The average molecular weight is 481 g/mol. The Morgan fingerprint density at radius 3 is 2.53 bits per heavy atom. The van der Waals surface area contributed by atoms with Gasteiger partial charge >= 0.3 is 0 Å². The minimum Gasteiger partial charge on any atom is -1.00 e. The number of likely N-dealkylation sites (N-methyl/N-ethyl adjacent to an activating group) is 1. The number of fused-ring (bicyclic) bond motifs is 3. The van der Waals surface area contributed by atoms with Gasteiger partial charge in [-0.15, -0.1) is 0 Å². The van der Waals surface area contributed by atoms with E-state index in [0.717, 1.165) is 48.8 Å². The van der Waals surface area contributed by atoms with Crippen LogP contribution in [-0.2, 0) is 21.4 Å². The molecular formula is C27H33ClN4O2. The fraction of sp³-hybridized carbons (Fsp3) is 0.407. The first kappa shape index (κ1) is 24.3. The number of piperidine rings is 1. The van der Waals surface area contributed by atoms with Crippen LogP contribution in [0.2, 0.25) is 0 Å². The van der Waals surface area contributed by atoms with Crippen molar-refractivity contribution in [3.05, 3.63) is 71.4 Å². The van der Waals surface area contributed by atoms with Gasteiger partial charge in [0.1, 0.15) is 0 Å². The predicted molar refractivity (Wildman–Crippen MR) is 129 cm³/mol. The third-order valence-corrected chi connectivity index (χ3v) is 7.76. The minimum atomic E-state index is -0.308. The monoisotopic (exact) mass is 480 g/mol. The molecule has 1 saturated heterocycles. The van der Waals surface area contributed by atoms with Gasteiger partial charge in [-0.25, -0.2) is 0 Å². The molecule has 2 amide bonds. The van der Waals surface area contributed by atoms with Gasteiger partial charge in [0.15, 0.2) is 6.04 Å². The second-order valence-electron chi connectivity index (χ2n) is 9.94. The third-order valence-electron chi connectivity index (χ3n) is 7.76. The number of nitrogens with zero attached hydrogens (tertiary/aromatic N) is 2. The lowest BCUT2D eigenvalue weighted by Crippen LogP contribution is -3.00. The molecule has 6 nitrogen and oxygen atoms in total. The lowest BCUT2D eigenvalue weighted by atomic mass is 9.73. The van der Waals surface area contributed by atoms with Crippen molar-refractivity contribution in [2.24, 2.45) is 0 Å². The van der Waals surface area contributed by atoms with Crippen molar-refractivity contribution in [2.45, 2.75) is 43.1 Å². The normalized spacial score (nSPS) is 19.5. The summed E-state index contributed by atoms with van der Waals surface area (Å²) >= 11 is 0. The predicted octanol–water partition coefficient (Wildman–Crippen LogP) is -0.539. The number of aromatic nitrogens is 1. The van der Waals surface area contributed by atoms with E-state index >= 15 is 0 Å². The van der Waals surface area contributed by atoms with Gasteiger partial charge in [-0.2, -0.15) is 0 Å². The van der Waals surface area contributed by atoms with Gasteiger partial charge in [0.25, 0.3) is 5.91 Å². The first-order valence-corrected chi connectivity index (χ1v) is 11.9. The molecule has 1 aromatic heterocycles. The number of amides is 2. The molecule has 0 radical (unpaired) electrons. The van der Waals surface area contributed by atoms with Crippen LogP contribution in [-0.4, -0.2) is 59.8 Å². The van der Waals surface area contributed by atoms with Crippen molar-refractivity contribution in [1.82, 2.24) is 14.8 Å². The standard InChI is InChI=1S/C27H32N4O2.ClH/c1-30(2)25(32)21-16-27(22-9-5-3-8-20(21)22)11-13-31(14-12-27)26(33)23(28)15-18-17-29-24-10-6-4-7-19(18)24;/h3-10,17,21,23,29H,11-16,28H2,1-2H3;1H/t21-,23-;/m1./s1. The Labute approximate surface area is 206 Å². The van der Waals surface area contributed by atoms with Crippen LogP contribution in [0.3, 0.4) is 0 Å². The first-order valence-electron chi connectivity index (χ1n) is 11.9. The van der Waals surface area contributed by atoms with E-state index in [4.69, 9.17) is 0 Å². The molecule has 5 rings (SSSR count). The molecule has 3 aromatic rings. The molecule has 1 fully saturated rings. The summed E-state index contributed by atoms with van der Waals surface area (Å²) in [6.45, 7) is 1.44. The van der Waals surface area contributed by atoms with Crippen molar-refractivity contribution in [2.75, 3.05) is 27.2 Å². The van der Waals surface area contributed by atoms with Gasteiger partial charge < -0.3 is 32.9 Å². The molecule has 1 aliphatic heterocycles. The number of nitrogens with one attached hydrogen (secondary N) is 1. The van der Waals surface area contributed by atoms with E-state index in [1.165, 1.54) is 11.1 Å². The molecule has 2 aliphatic rings. The van der Waals surface area contributed by atoms with Gasteiger partial charge in [0, 0.05) is 56.1 Å². The Hall–Kier alpha value is -2.83. The minimum absolute atomic E-state index is 0. The summed E-state index contributed by atoms with van der Waals surface area (Å²) in [7, 11) is 3.67. The van der Waals surface area contributed by atoms with Crippen LogP contribution in [0.4, 0.5) is 0 Å². The molecule has 0 unspecified atom stereocenters. The quantitative estimate of drug-likeness (QED) is 0.525. The lowest BCUT2D eigenvalue weighted by molar-refractivity contribution is -0.405. The molecule has 7 heteroatoms. The van der Waals surface area contributed by atoms with Crippen molar-refractivity contribution < 1.29 is 27.7 Å². The molecule has 180 valence electrons. The van der Waals surface area contributed by atoms with Crippen LogP contribution in [0.1, 0.15) is 41.9 Å². The largest absolute Gasteiger partial charge is 1.00 e. The number of H-pyrrole nitrogens is 1. The van der Waals surface area contributed by atoms with Crippen molar-refractivity contribution in [1.29, 1.82) is 0 Å². The second kappa shape index (κ2) is 9.43. The summed E-state index contributed by atoms with van der Waals surface area (Å²) in [5, 5.41) is 1.16. The second-order valence-corrected chi connectivity index (χ2v) is 9.94. The summed E-state index contributed by atoms with van der Waals surface area (Å²) < 4.78 is 0. The highest BCUT2D eigenvalue weighted by Gasteiger charge is 2.48. The number of carbonyl (C=O) groups excluding carboxylic acids is 2. The van der Waals surface area contributed by atoms with Crippen LogP contribution in [0, 0.1) is 0 Å². The highest BCUT2D eigenvalue weighted by Crippen LogP contribution is 2.52. The Morgan fingerprint density at radius 2 is 1.79 bits per heavy atom. The Balaban J connectivity index is 0.00000274. The number of hydrogen-bond donors (Lipinski definition) is 2. The molecule has 1 spiro atoms. The van der Waals surface area contributed by atoms with E-state index in [2.05, 4.69) is 41.0 Å². The Morgan fingerprint density at radius 1 is 1.12 bits per heavy atom. The number of hydrogen-bond acceptors (Lipinski definition) is 2. The number of rotatable bonds is 4. The number of carbonyl (C=O) groups is 2. The Bertz CT molecular complexity index is 1200. The molecule has 2 aromatic carbocycles. The zero-order valence-electron chi connectivity index (χ0n) is 19.9. The van der Waals surface area contributed by atoms with Gasteiger partial charge in [0.05, 0.1) is 5.92 Å². The fourth-order valence-corrected chi connectivity index (χ4v) is 5.97. The van der Waals surface area contributed by atoms with Gasteiger partial charge in [-0.1, -0.05) is 42.5 Å². The number of quaternary nitrogens is 1. The number of benzene rings is 2. The maximum absolute atomic E-state index is 13.3. The molecule has 34 heavy (non-hydrogen) atoms. The number of aromatic amines is 1. The number of para-hydroxylation sites is 1. The van der Waals surface area contributed by atoms with Crippen LogP contribution in [0.5, 0.6) is 0 Å². The summed E-state index contributed by atoms with van der Waals surface area (Å²) in [5.41, 5.74) is 8.91. The molecule has 2 atom stereocenters. The summed E-state index contributed by atoms with van der Waals surface area (Å²) in [5.74, 6) is 0.220. The number of likely N-dealkylation sites (tertiary alicyclic amines) is 1. The summed E-state index contributed by atoms with van der Waals surface area (Å²) in [6, 6.07) is 16.3. The molecule has 0 bridgehead atoms. The van der Waals surface area contributed by atoms with E-state index in [1.807, 2.05) is 43.4 Å². The third kappa shape index (κ3) is 4.10. The first-order chi connectivity index (χ1) is 15.9. The fourth-order valence-electron chi connectivity index (χ4n) is 5.97. The van der Waals surface area contributed by atoms with E-state index in [0.29, 0.717) is 6.42 Å². The van der Waals surface area contributed by atoms with Crippen molar-refractivity contribution in [3.8, 4) is 0 Å². The van der Waals surface area contributed by atoms with E-state index < -0.39 is 0 Å². The molecular weight excluding hydrogens is 448 g/mol. The highest BCUT2D eigenvalue weighted by molar-refractivity contribution is 5.86. The molecule has 0 saturated carbocycles. The van der Waals surface area contributed by atoms with E-state index in [-0.39, 0.29) is 41.6 Å². The Kier molecular flexibility index (Phi) is 6.74. The zero-order valence-corrected chi connectivity index (χ0v) is 20.6. The van der Waals surface area contributed by atoms with Crippen LogP contribution in [0.15, 0.2) is 54.7 Å². The van der Waals surface area contributed by atoms with Crippen LogP contribution in [0.25, 0.3) is 10.9 Å². The topological polar surface area (TPSA) is 84.1 Å². The van der Waals surface area contributed by atoms with E-state index in [9.17, 15) is 9.59 Å². The van der Waals surface area contributed by atoms with Crippen LogP contribution < -0.4 is 18.1 Å². The maximum Gasteiger partial charge on any atom is 0.281 e. The molecule has 1 aliphatic carbocycles. The highest BCUT2D eigenvalue weighted by atomic mass is 35.5. The summed E-state index contributed by atoms with van der Waals surface area (Å²) in [4.78, 5) is 33.1. The average Bonchev–Trinajstić information content (AvgIpc) is 3.38. The van der Waals surface area contributed by atoms with Crippen molar-refractivity contribution >= 4 is 22.7 Å². The lowest BCUT2D eigenvalue weighted by Gasteiger charge is -2.40. The molecule has 2 heterocycles. The molecule has 4 N–H and O–H groups in total. The van der Waals surface area contributed by atoms with Gasteiger partial charge in [0.2, 0.25) is 5.91 Å². The van der Waals surface area contributed by atoms with Gasteiger partial charge in [-0.05, 0) is 42.0 Å². The zero-order chi connectivity index (χ0) is 23.2. The van der Waals surface area contributed by atoms with E-state index in [1.54, 1.807) is 4.90 Å². The summed E-state index contributed by atoms with van der Waals surface area (Å²) in [6.07, 6.45) is 5.26.